The lowest BCUT2D eigenvalue weighted by Crippen LogP contribution is -2.28. The quantitative estimate of drug-likeness (QED) is 0.646. The Balaban J connectivity index is 3.67. The summed E-state index contributed by atoms with van der Waals surface area (Å²) in [6.45, 7) is 5.95. The Hall–Kier alpha value is -0.0800. The van der Waals surface area contributed by atoms with Crippen LogP contribution in [0.2, 0.25) is 0 Å². The van der Waals surface area contributed by atoms with Gasteiger partial charge in [0, 0.05) is 5.92 Å². The van der Waals surface area contributed by atoms with Crippen molar-refractivity contribution in [2.75, 3.05) is 0 Å². The minimum atomic E-state index is -0.350. The second-order valence-corrected chi connectivity index (χ2v) is 3.54. The van der Waals surface area contributed by atoms with E-state index in [2.05, 4.69) is 6.92 Å². The fourth-order valence-electron chi connectivity index (χ4n) is 1.30. The van der Waals surface area contributed by atoms with Crippen molar-refractivity contribution in [2.45, 2.75) is 58.7 Å². The van der Waals surface area contributed by atoms with E-state index in [1.165, 1.54) is 0 Å². The number of aliphatic hydroxyl groups is 2. The lowest BCUT2D eigenvalue weighted by Gasteiger charge is -2.22. The van der Waals surface area contributed by atoms with Gasteiger partial charge in [-0.1, -0.05) is 33.6 Å². The molecule has 0 aliphatic rings. The van der Waals surface area contributed by atoms with E-state index >= 15 is 0 Å². The first-order valence-corrected chi connectivity index (χ1v) is 4.99. The molecule has 3 unspecified atom stereocenters. The number of hydrogen-bond donors (Lipinski definition) is 2. The van der Waals surface area contributed by atoms with Crippen molar-refractivity contribution in [1.29, 1.82) is 0 Å². The van der Waals surface area contributed by atoms with Crippen LogP contribution in [-0.4, -0.2) is 22.4 Å². The highest BCUT2D eigenvalue weighted by molar-refractivity contribution is 4.70. The first-order valence-electron chi connectivity index (χ1n) is 4.99. The summed E-state index contributed by atoms with van der Waals surface area (Å²) in [7, 11) is 0. The molecule has 0 rings (SSSR count). The van der Waals surface area contributed by atoms with Gasteiger partial charge in [0.2, 0.25) is 0 Å². The minimum Gasteiger partial charge on any atom is -0.393 e. The Morgan fingerprint density at radius 2 is 1.67 bits per heavy atom. The molecule has 0 saturated carbocycles. The van der Waals surface area contributed by atoms with E-state index in [1.807, 2.05) is 13.8 Å². The SMILES string of the molecule is CCCCC(O)C(C)C(O)CC. The molecular weight excluding hydrogens is 152 g/mol. The lowest BCUT2D eigenvalue weighted by molar-refractivity contribution is 0.0152. The van der Waals surface area contributed by atoms with E-state index in [0.717, 1.165) is 25.7 Å². The van der Waals surface area contributed by atoms with Crippen molar-refractivity contribution in [2.24, 2.45) is 5.92 Å². The Kier molecular flexibility index (Phi) is 6.39. The summed E-state index contributed by atoms with van der Waals surface area (Å²) in [6, 6.07) is 0. The molecule has 0 saturated heterocycles. The largest absolute Gasteiger partial charge is 0.393 e. The van der Waals surface area contributed by atoms with Crippen molar-refractivity contribution < 1.29 is 10.2 Å². The van der Waals surface area contributed by atoms with E-state index in [4.69, 9.17) is 0 Å². The maximum absolute atomic E-state index is 9.59. The minimum absolute atomic E-state index is 0.0153. The highest BCUT2D eigenvalue weighted by Gasteiger charge is 2.19. The van der Waals surface area contributed by atoms with E-state index < -0.39 is 0 Å². The first-order chi connectivity index (χ1) is 5.63. The topological polar surface area (TPSA) is 40.5 Å². The molecule has 2 N–H and O–H groups in total. The highest BCUT2D eigenvalue weighted by Crippen LogP contribution is 2.16. The molecule has 2 heteroatoms. The van der Waals surface area contributed by atoms with Crippen LogP contribution in [0.3, 0.4) is 0 Å². The van der Waals surface area contributed by atoms with Gasteiger partial charge in [-0.2, -0.15) is 0 Å². The summed E-state index contributed by atoms with van der Waals surface area (Å²) >= 11 is 0. The van der Waals surface area contributed by atoms with E-state index in [0.29, 0.717) is 0 Å². The fourth-order valence-corrected chi connectivity index (χ4v) is 1.30. The van der Waals surface area contributed by atoms with Gasteiger partial charge in [0.05, 0.1) is 12.2 Å². The zero-order chi connectivity index (χ0) is 9.56. The van der Waals surface area contributed by atoms with Crippen LogP contribution in [0.15, 0.2) is 0 Å². The molecule has 0 aromatic rings. The van der Waals surface area contributed by atoms with Crippen LogP contribution in [0.4, 0.5) is 0 Å². The van der Waals surface area contributed by atoms with E-state index in [-0.39, 0.29) is 18.1 Å². The van der Waals surface area contributed by atoms with Crippen LogP contribution < -0.4 is 0 Å². The second kappa shape index (κ2) is 6.44. The Bertz CT molecular complexity index is 104. The predicted molar refractivity (Wildman–Crippen MR) is 51.0 cm³/mol. The summed E-state index contributed by atoms with van der Waals surface area (Å²) in [5, 5.41) is 19.0. The van der Waals surface area contributed by atoms with Crippen molar-refractivity contribution in [1.82, 2.24) is 0 Å². The summed E-state index contributed by atoms with van der Waals surface area (Å²) in [6.07, 6.45) is 3.00. The van der Waals surface area contributed by atoms with E-state index in [1.54, 1.807) is 0 Å². The fraction of sp³-hybridized carbons (Fsp3) is 1.00. The number of rotatable bonds is 6. The molecule has 0 heterocycles. The normalized spacial score (nSPS) is 18.8. The van der Waals surface area contributed by atoms with Crippen molar-refractivity contribution in [3.05, 3.63) is 0 Å². The van der Waals surface area contributed by atoms with Gasteiger partial charge in [-0.3, -0.25) is 0 Å². The smallest absolute Gasteiger partial charge is 0.0590 e. The van der Waals surface area contributed by atoms with Gasteiger partial charge in [-0.05, 0) is 12.8 Å². The van der Waals surface area contributed by atoms with Crippen molar-refractivity contribution in [3.63, 3.8) is 0 Å². The molecule has 0 fully saturated rings. The summed E-state index contributed by atoms with van der Waals surface area (Å²) < 4.78 is 0. The molecule has 74 valence electrons. The van der Waals surface area contributed by atoms with Crippen LogP contribution in [0.1, 0.15) is 46.5 Å². The number of unbranched alkanes of at least 4 members (excludes halogenated alkanes) is 1. The maximum atomic E-state index is 9.59. The third-order valence-electron chi connectivity index (χ3n) is 2.49. The highest BCUT2D eigenvalue weighted by atomic mass is 16.3. The van der Waals surface area contributed by atoms with Crippen LogP contribution in [0.25, 0.3) is 0 Å². The van der Waals surface area contributed by atoms with Crippen LogP contribution in [0, 0.1) is 5.92 Å². The van der Waals surface area contributed by atoms with E-state index in [9.17, 15) is 10.2 Å². The van der Waals surface area contributed by atoms with Gasteiger partial charge in [0.25, 0.3) is 0 Å². The standard InChI is InChI=1S/C10H22O2/c1-4-6-7-10(12)8(3)9(11)5-2/h8-12H,4-7H2,1-3H3. The first kappa shape index (κ1) is 11.9. The molecule has 3 atom stereocenters. The molecule has 0 aliphatic heterocycles. The lowest BCUT2D eigenvalue weighted by atomic mass is 9.93. The van der Waals surface area contributed by atoms with Gasteiger partial charge in [-0.25, -0.2) is 0 Å². The maximum Gasteiger partial charge on any atom is 0.0590 e. The zero-order valence-corrected chi connectivity index (χ0v) is 8.45. The molecule has 0 aromatic carbocycles. The summed E-state index contributed by atoms with van der Waals surface area (Å²) in [5.41, 5.74) is 0. The molecule has 0 bridgehead atoms. The summed E-state index contributed by atoms with van der Waals surface area (Å²) in [4.78, 5) is 0. The third-order valence-corrected chi connectivity index (χ3v) is 2.49. The van der Waals surface area contributed by atoms with Gasteiger partial charge in [-0.15, -0.1) is 0 Å². The molecule has 2 nitrogen and oxygen atoms in total. The Labute approximate surface area is 75.6 Å². The second-order valence-electron chi connectivity index (χ2n) is 3.54. The van der Waals surface area contributed by atoms with Gasteiger partial charge >= 0.3 is 0 Å². The summed E-state index contributed by atoms with van der Waals surface area (Å²) in [5.74, 6) is 0.0153. The van der Waals surface area contributed by atoms with Crippen LogP contribution in [-0.2, 0) is 0 Å². The molecule has 0 amide bonds. The van der Waals surface area contributed by atoms with Gasteiger partial charge in [0.15, 0.2) is 0 Å². The molecular formula is C10H22O2. The van der Waals surface area contributed by atoms with Crippen molar-refractivity contribution >= 4 is 0 Å². The number of aliphatic hydroxyl groups excluding tert-OH is 2. The molecule has 0 radical (unpaired) electrons. The predicted octanol–water partition coefficient (Wildman–Crippen LogP) is 1.94. The number of hydrogen-bond acceptors (Lipinski definition) is 2. The van der Waals surface area contributed by atoms with Crippen LogP contribution >= 0.6 is 0 Å². The third kappa shape index (κ3) is 4.07. The molecule has 0 aliphatic carbocycles. The van der Waals surface area contributed by atoms with Crippen LogP contribution in [0.5, 0.6) is 0 Å². The van der Waals surface area contributed by atoms with Gasteiger partial charge < -0.3 is 10.2 Å². The van der Waals surface area contributed by atoms with Crippen molar-refractivity contribution in [3.8, 4) is 0 Å². The zero-order valence-electron chi connectivity index (χ0n) is 8.45. The monoisotopic (exact) mass is 174 g/mol. The van der Waals surface area contributed by atoms with Gasteiger partial charge in [0.1, 0.15) is 0 Å². The molecule has 0 spiro atoms. The average Bonchev–Trinajstić information content (AvgIpc) is 2.11. The Morgan fingerprint density at radius 3 is 2.08 bits per heavy atom. The molecule has 0 aromatic heterocycles. The molecule has 12 heavy (non-hydrogen) atoms. The average molecular weight is 174 g/mol. The Morgan fingerprint density at radius 1 is 1.08 bits per heavy atom.